The van der Waals surface area contributed by atoms with Gasteiger partial charge in [0, 0.05) is 23.4 Å². The number of rotatable bonds is 4. The minimum Gasteiger partial charge on any atom is -0.478 e. The molecule has 2 bridgehead atoms. The third-order valence-electron chi connectivity index (χ3n) is 7.27. The number of aromatic nitrogens is 3. The topological polar surface area (TPSA) is 126 Å². The van der Waals surface area contributed by atoms with Crippen molar-refractivity contribution < 1.29 is 23.9 Å². The minimum absolute atomic E-state index is 0.0498. The van der Waals surface area contributed by atoms with Crippen LogP contribution in [0.3, 0.4) is 0 Å². The third-order valence-corrected chi connectivity index (χ3v) is 7.56. The lowest BCUT2D eigenvalue weighted by Crippen LogP contribution is -2.30. The van der Waals surface area contributed by atoms with Crippen molar-refractivity contribution >= 4 is 35.1 Å². The summed E-state index contributed by atoms with van der Waals surface area (Å²) in [6, 6.07) is 12.2. The molecule has 0 aliphatic carbocycles. The van der Waals surface area contributed by atoms with Crippen molar-refractivity contribution in [2.24, 2.45) is 5.92 Å². The van der Waals surface area contributed by atoms with Gasteiger partial charge in [0.2, 0.25) is 5.91 Å². The molecule has 0 fully saturated rings. The van der Waals surface area contributed by atoms with Crippen molar-refractivity contribution in [2.75, 3.05) is 5.32 Å². The molecular formula is C30H27ClFN5O4. The molecule has 0 spiro atoms. The summed E-state index contributed by atoms with van der Waals surface area (Å²) >= 11 is 5.94. The number of nitrogens with zero attached hydrogens (tertiary/aromatic N) is 3. The summed E-state index contributed by atoms with van der Waals surface area (Å²) in [6.07, 6.45) is 4.66. The predicted molar refractivity (Wildman–Crippen MR) is 152 cm³/mol. The van der Waals surface area contributed by atoms with Gasteiger partial charge in [0.05, 0.1) is 39.8 Å². The highest BCUT2D eigenvalue weighted by Crippen LogP contribution is 2.33. The zero-order valence-corrected chi connectivity index (χ0v) is 23.1. The number of pyridine rings is 1. The molecule has 4 aromatic rings. The van der Waals surface area contributed by atoms with Gasteiger partial charge in [0.1, 0.15) is 5.69 Å². The Hall–Kier alpha value is -4.57. The number of hydrogen-bond acceptors (Lipinski definition) is 5. The summed E-state index contributed by atoms with van der Waals surface area (Å²) in [5.41, 5.74) is 3.22. The number of carbonyl (C=O) groups excluding carboxylic acids is 2. The van der Waals surface area contributed by atoms with E-state index in [4.69, 9.17) is 11.6 Å². The number of carbonyl (C=O) groups is 3. The van der Waals surface area contributed by atoms with Crippen LogP contribution in [0.1, 0.15) is 64.3 Å². The first-order chi connectivity index (χ1) is 19.6. The van der Waals surface area contributed by atoms with Gasteiger partial charge in [-0.2, -0.15) is 5.10 Å². The van der Waals surface area contributed by atoms with Crippen molar-refractivity contribution in [3.8, 4) is 16.8 Å². The highest BCUT2D eigenvalue weighted by Gasteiger charge is 2.25. The summed E-state index contributed by atoms with van der Waals surface area (Å²) in [5, 5.41) is 19.6. The molecule has 0 saturated heterocycles. The van der Waals surface area contributed by atoms with Gasteiger partial charge in [-0.3, -0.25) is 14.6 Å². The molecule has 2 aromatic heterocycles. The normalized spacial score (nSPS) is 17.0. The van der Waals surface area contributed by atoms with E-state index in [1.165, 1.54) is 35.1 Å². The molecule has 2 unspecified atom stereocenters. The Bertz CT molecular complexity index is 1670. The Balaban J connectivity index is 1.50. The largest absolute Gasteiger partial charge is 0.478 e. The number of nitrogens with one attached hydrogen (secondary N) is 2. The Morgan fingerprint density at radius 3 is 2.76 bits per heavy atom. The number of anilines is 1. The first-order valence-corrected chi connectivity index (χ1v) is 13.5. The zero-order chi connectivity index (χ0) is 29.3. The highest BCUT2D eigenvalue weighted by atomic mass is 35.5. The van der Waals surface area contributed by atoms with Gasteiger partial charge < -0.3 is 15.7 Å². The average molecular weight is 576 g/mol. The summed E-state index contributed by atoms with van der Waals surface area (Å²) in [6.45, 7) is 3.48. The van der Waals surface area contributed by atoms with Crippen LogP contribution in [0.15, 0.2) is 60.9 Å². The van der Waals surface area contributed by atoms with Gasteiger partial charge in [-0.05, 0) is 61.7 Å². The summed E-state index contributed by atoms with van der Waals surface area (Å²) in [4.78, 5) is 42.6. The lowest BCUT2D eigenvalue weighted by molar-refractivity contribution is -0.119. The van der Waals surface area contributed by atoms with Crippen molar-refractivity contribution in [3.63, 3.8) is 0 Å². The molecule has 3 heterocycles. The maximum Gasteiger partial charge on any atom is 0.335 e. The number of aromatic carboxylic acids is 1. The quantitative estimate of drug-likeness (QED) is 0.275. The van der Waals surface area contributed by atoms with E-state index < -0.39 is 23.7 Å². The number of amides is 2. The number of hydrogen-bond donors (Lipinski definition) is 3. The van der Waals surface area contributed by atoms with E-state index in [2.05, 4.69) is 20.7 Å². The fourth-order valence-electron chi connectivity index (χ4n) is 4.92. The molecule has 9 nitrogen and oxygen atoms in total. The van der Waals surface area contributed by atoms with Crippen LogP contribution in [0.5, 0.6) is 0 Å². The standard InChI is InChI=1S/C30H27ClFN5O4/c1-16-5-3-7-23(35-29(39)21-15-34-37(17(21)2)26-8-4-6-22(31)27(26)32)25-13-18(11-12-33-25)20-10-9-19(30(40)41)14-24(20)36-28(16)38/h4,6,8-16,23H,3,5,7H2,1-2H3,(H,35,39)(H,36,38)(H,40,41). The molecule has 0 saturated carbocycles. The molecule has 5 rings (SSSR count). The minimum atomic E-state index is -1.10. The maximum atomic E-state index is 14.7. The molecule has 210 valence electrons. The van der Waals surface area contributed by atoms with Gasteiger partial charge in [-0.1, -0.05) is 37.1 Å². The fraction of sp³-hybridized carbons (Fsp3) is 0.233. The predicted octanol–water partition coefficient (Wildman–Crippen LogP) is 5.96. The first-order valence-electron chi connectivity index (χ1n) is 13.1. The highest BCUT2D eigenvalue weighted by molar-refractivity contribution is 6.30. The maximum absolute atomic E-state index is 14.7. The van der Waals surface area contributed by atoms with Crippen LogP contribution < -0.4 is 10.6 Å². The van der Waals surface area contributed by atoms with E-state index in [0.717, 1.165) is 0 Å². The number of halogens is 2. The van der Waals surface area contributed by atoms with E-state index in [0.29, 0.717) is 47.5 Å². The Labute approximate surface area is 240 Å². The smallest absolute Gasteiger partial charge is 0.335 e. The van der Waals surface area contributed by atoms with Gasteiger partial charge in [-0.25, -0.2) is 13.9 Å². The molecule has 41 heavy (non-hydrogen) atoms. The number of fused-ring (bicyclic) bond motifs is 4. The molecule has 1 aliphatic heterocycles. The molecule has 11 heteroatoms. The van der Waals surface area contributed by atoms with Crippen molar-refractivity contribution in [1.29, 1.82) is 0 Å². The second-order valence-corrected chi connectivity index (χ2v) is 10.4. The Morgan fingerprint density at radius 2 is 1.98 bits per heavy atom. The van der Waals surface area contributed by atoms with E-state index >= 15 is 0 Å². The number of benzene rings is 2. The summed E-state index contributed by atoms with van der Waals surface area (Å²) in [7, 11) is 0. The monoisotopic (exact) mass is 575 g/mol. The van der Waals surface area contributed by atoms with Crippen LogP contribution in [0.4, 0.5) is 10.1 Å². The van der Waals surface area contributed by atoms with Crippen molar-refractivity contribution in [3.05, 3.63) is 94.3 Å². The van der Waals surface area contributed by atoms with Gasteiger partial charge in [0.15, 0.2) is 5.82 Å². The molecule has 2 amide bonds. The fourth-order valence-corrected chi connectivity index (χ4v) is 5.08. The van der Waals surface area contributed by atoms with Crippen LogP contribution in [0.2, 0.25) is 5.02 Å². The van der Waals surface area contributed by atoms with Gasteiger partial charge >= 0.3 is 5.97 Å². The molecule has 2 atom stereocenters. The molecular weight excluding hydrogens is 549 g/mol. The SMILES string of the molecule is Cc1c(C(=O)NC2CCCC(C)C(=O)Nc3cc(C(=O)O)ccc3-c3ccnc2c3)cnn1-c1cccc(Cl)c1F. The van der Waals surface area contributed by atoms with Crippen LogP contribution >= 0.6 is 11.6 Å². The molecule has 0 radical (unpaired) electrons. The second-order valence-electron chi connectivity index (χ2n) is 10.0. The van der Waals surface area contributed by atoms with Crippen LogP contribution in [-0.2, 0) is 4.79 Å². The molecule has 1 aliphatic rings. The van der Waals surface area contributed by atoms with Crippen LogP contribution in [-0.4, -0.2) is 37.7 Å². The van der Waals surface area contributed by atoms with E-state index in [9.17, 15) is 23.9 Å². The van der Waals surface area contributed by atoms with Gasteiger partial charge in [0.25, 0.3) is 5.91 Å². The number of carboxylic acids is 1. The van der Waals surface area contributed by atoms with Crippen molar-refractivity contribution in [2.45, 2.75) is 39.2 Å². The second kappa shape index (κ2) is 11.5. The summed E-state index contributed by atoms with van der Waals surface area (Å²) < 4.78 is 16.0. The average Bonchev–Trinajstić information content (AvgIpc) is 3.34. The zero-order valence-electron chi connectivity index (χ0n) is 22.3. The van der Waals surface area contributed by atoms with Crippen LogP contribution in [0.25, 0.3) is 16.8 Å². The molecule has 3 N–H and O–H groups in total. The van der Waals surface area contributed by atoms with E-state index in [-0.39, 0.29) is 33.7 Å². The van der Waals surface area contributed by atoms with Crippen molar-refractivity contribution in [1.82, 2.24) is 20.1 Å². The first kappa shape index (κ1) is 28.0. The van der Waals surface area contributed by atoms with E-state index in [1.807, 2.05) is 6.07 Å². The Kier molecular flexibility index (Phi) is 7.85. The van der Waals surface area contributed by atoms with Gasteiger partial charge in [-0.15, -0.1) is 0 Å². The number of carboxylic acid groups (broad SMARTS) is 1. The lowest BCUT2D eigenvalue weighted by Gasteiger charge is -2.22. The van der Waals surface area contributed by atoms with Crippen LogP contribution in [0, 0.1) is 18.7 Å². The van der Waals surface area contributed by atoms with E-state index in [1.54, 1.807) is 38.2 Å². The summed E-state index contributed by atoms with van der Waals surface area (Å²) in [5.74, 6) is -2.72. The molecule has 2 aromatic carbocycles. The third kappa shape index (κ3) is 5.69. The lowest BCUT2D eigenvalue weighted by atomic mass is 9.95. The Morgan fingerprint density at radius 1 is 1.17 bits per heavy atom.